The molecule has 1 nitrogen and oxygen atoms in total. The van der Waals surface area contributed by atoms with E-state index in [0.717, 1.165) is 0 Å². The lowest BCUT2D eigenvalue weighted by Crippen LogP contribution is -2.10. The van der Waals surface area contributed by atoms with E-state index in [2.05, 4.69) is 244 Å². The van der Waals surface area contributed by atoms with Crippen molar-refractivity contribution in [2.45, 2.75) is 26.2 Å². The Morgan fingerprint density at radius 3 is 1.11 bits per heavy atom. The molecule has 1 heteroatoms. The van der Waals surface area contributed by atoms with Crippen molar-refractivity contribution in [2.24, 2.45) is 0 Å². The zero-order chi connectivity index (χ0) is 41.1. The van der Waals surface area contributed by atoms with E-state index in [0.29, 0.717) is 0 Å². The lowest BCUT2D eigenvalue weighted by atomic mass is 9.85. The Kier molecular flexibility index (Phi) is 8.79. The predicted molar refractivity (Wildman–Crippen MR) is 262 cm³/mol. The smallest absolute Gasteiger partial charge is 0.0541 e. The number of nitrogens with zero attached hydrogens (tertiary/aromatic N) is 1. The Morgan fingerprint density at radius 1 is 0.279 bits per heavy atom. The third kappa shape index (κ3) is 6.42. The fourth-order valence-electron chi connectivity index (χ4n) is 9.44. The average molecular weight is 780 g/mol. The van der Waals surface area contributed by atoms with Crippen LogP contribution < -0.4 is 0 Å². The van der Waals surface area contributed by atoms with E-state index in [-0.39, 0.29) is 5.41 Å². The zero-order valence-electron chi connectivity index (χ0n) is 34.7. The summed E-state index contributed by atoms with van der Waals surface area (Å²) in [6, 6.07) is 80.4. The first-order valence-corrected chi connectivity index (χ1v) is 21.3. The molecule has 0 aliphatic rings. The monoisotopic (exact) mass is 779 g/mol. The molecule has 290 valence electrons. The van der Waals surface area contributed by atoms with Gasteiger partial charge in [0.25, 0.3) is 0 Å². The molecule has 61 heavy (non-hydrogen) atoms. The van der Waals surface area contributed by atoms with Crippen LogP contribution in [0.2, 0.25) is 0 Å². The zero-order valence-corrected chi connectivity index (χ0v) is 34.7. The van der Waals surface area contributed by atoms with Crippen molar-refractivity contribution in [3.8, 4) is 61.3 Å². The van der Waals surface area contributed by atoms with Crippen molar-refractivity contribution in [1.82, 2.24) is 4.57 Å². The second-order valence-corrected chi connectivity index (χ2v) is 17.3. The van der Waals surface area contributed by atoms with Gasteiger partial charge in [-0.2, -0.15) is 0 Å². The minimum absolute atomic E-state index is 0.110. The fraction of sp³-hybridized carbons (Fsp3) is 0.0667. The lowest BCUT2D eigenvalue weighted by molar-refractivity contribution is 0.590. The first kappa shape index (κ1) is 36.6. The number of hydrogen-bond donors (Lipinski definition) is 0. The summed E-state index contributed by atoms with van der Waals surface area (Å²) < 4.78 is 2.41. The molecule has 0 spiro atoms. The van der Waals surface area contributed by atoms with Crippen molar-refractivity contribution in [1.29, 1.82) is 0 Å². The van der Waals surface area contributed by atoms with Crippen LogP contribution in [0.1, 0.15) is 26.3 Å². The summed E-state index contributed by atoms with van der Waals surface area (Å²) in [4.78, 5) is 0. The Hall–Kier alpha value is -7.48. The first-order chi connectivity index (χ1) is 29.9. The molecule has 0 aliphatic carbocycles. The summed E-state index contributed by atoms with van der Waals surface area (Å²) in [5.41, 5.74) is 17.4. The van der Waals surface area contributed by atoms with Crippen LogP contribution in [-0.2, 0) is 5.41 Å². The maximum atomic E-state index is 2.41. The van der Waals surface area contributed by atoms with Crippen LogP contribution in [0.15, 0.2) is 218 Å². The molecule has 0 bridgehead atoms. The van der Waals surface area contributed by atoms with E-state index in [9.17, 15) is 0 Å². The molecule has 10 aromatic carbocycles. The van der Waals surface area contributed by atoms with Crippen molar-refractivity contribution >= 4 is 43.4 Å². The summed E-state index contributed by atoms with van der Waals surface area (Å²) >= 11 is 0. The number of hydrogen-bond acceptors (Lipinski definition) is 0. The molecule has 0 unspecified atom stereocenters. The second-order valence-electron chi connectivity index (χ2n) is 17.3. The van der Waals surface area contributed by atoms with Gasteiger partial charge in [0, 0.05) is 16.5 Å². The molecular formula is C60H45N. The van der Waals surface area contributed by atoms with Gasteiger partial charge in [0.15, 0.2) is 0 Å². The van der Waals surface area contributed by atoms with Crippen molar-refractivity contribution in [3.63, 3.8) is 0 Å². The molecule has 0 radical (unpaired) electrons. The van der Waals surface area contributed by atoms with Crippen molar-refractivity contribution in [2.75, 3.05) is 0 Å². The SMILES string of the molecule is CC(C)(C)c1ccc(-n2c3ccccc3c3cc(-c4ccc(-c5c6ccccc6c(-c6ccc(-c7ccc(-c8ccccc8)cc7)cc6)c6ccccc56)cc4)ccc32)cc1. The van der Waals surface area contributed by atoms with Crippen LogP contribution >= 0.6 is 0 Å². The molecule has 0 fully saturated rings. The van der Waals surface area contributed by atoms with Gasteiger partial charge < -0.3 is 4.57 Å². The van der Waals surface area contributed by atoms with Gasteiger partial charge in [-0.15, -0.1) is 0 Å². The summed E-state index contributed by atoms with van der Waals surface area (Å²) in [7, 11) is 0. The summed E-state index contributed by atoms with van der Waals surface area (Å²) in [6.45, 7) is 6.81. The van der Waals surface area contributed by atoms with Gasteiger partial charge in [-0.25, -0.2) is 0 Å². The standard InChI is InChI=1S/C60H45N/c1-60(2,3)48-34-36-49(37-35-48)61-56-20-12-11-15-50(56)55-39-47(33-38-57(55)61)44-27-31-46(32-28-44)59-53-18-9-7-16-51(53)58(52-17-8-10-19-54(52)59)45-29-25-43(26-30-45)42-23-21-41(22-24-42)40-13-5-4-6-14-40/h4-39H,1-3H3. The van der Waals surface area contributed by atoms with E-state index in [1.54, 1.807) is 0 Å². The minimum atomic E-state index is 0.110. The third-order valence-corrected chi connectivity index (χ3v) is 12.6. The molecule has 0 amide bonds. The Labute approximate surface area is 357 Å². The molecule has 11 rings (SSSR count). The maximum absolute atomic E-state index is 2.41. The van der Waals surface area contributed by atoms with E-state index in [1.807, 2.05) is 0 Å². The summed E-state index contributed by atoms with van der Waals surface area (Å²) in [5.74, 6) is 0. The Balaban J connectivity index is 0.959. The van der Waals surface area contributed by atoms with Crippen LogP contribution in [0.5, 0.6) is 0 Å². The predicted octanol–water partition coefficient (Wildman–Crippen LogP) is 16.7. The van der Waals surface area contributed by atoms with Crippen LogP contribution in [0.4, 0.5) is 0 Å². The Bertz CT molecular complexity index is 3320. The molecule has 1 heterocycles. The molecule has 0 N–H and O–H groups in total. The van der Waals surface area contributed by atoms with Gasteiger partial charge in [0.05, 0.1) is 11.0 Å². The molecule has 0 saturated carbocycles. The number of benzene rings is 10. The second kappa shape index (κ2) is 14.7. The van der Waals surface area contributed by atoms with Gasteiger partial charge in [0.1, 0.15) is 0 Å². The summed E-state index contributed by atoms with van der Waals surface area (Å²) in [6.07, 6.45) is 0. The van der Waals surface area contributed by atoms with Gasteiger partial charge >= 0.3 is 0 Å². The molecule has 0 aliphatic heterocycles. The largest absolute Gasteiger partial charge is 0.309 e. The fourth-order valence-corrected chi connectivity index (χ4v) is 9.44. The molecule has 0 saturated heterocycles. The highest BCUT2D eigenvalue weighted by atomic mass is 15.0. The topological polar surface area (TPSA) is 4.93 Å². The van der Waals surface area contributed by atoms with Crippen LogP contribution in [0.25, 0.3) is 105 Å². The van der Waals surface area contributed by atoms with Crippen LogP contribution in [0.3, 0.4) is 0 Å². The van der Waals surface area contributed by atoms with Crippen molar-refractivity contribution < 1.29 is 0 Å². The highest BCUT2D eigenvalue weighted by Crippen LogP contribution is 2.44. The highest BCUT2D eigenvalue weighted by Gasteiger charge is 2.19. The minimum Gasteiger partial charge on any atom is -0.309 e. The van der Waals surface area contributed by atoms with Crippen molar-refractivity contribution in [3.05, 3.63) is 224 Å². The lowest BCUT2D eigenvalue weighted by Gasteiger charge is -2.19. The quantitative estimate of drug-likeness (QED) is 0.148. The van der Waals surface area contributed by atoms with Gasteiger partial charge in [0.2, 0.25) is 0 Å². The first-order valence-electron chi connectivity index (χ1n) is 21.3. The van der Waals surface area contributed by atoms with E-state index >= 15 is 0 Å². The molecule has 1 aromatic heterocycles. The third-order valence-electron chi connectivity index (χ3n) is 12.6. The molecule has 11 aromatic rings. The van der Waals surface area contributed by atoms with Gasteiger partial charge in [-0.3, -0.25) is 0 Å². The normalized spacial score (nSPS) is 11.9. The van der Waals surface area contributed by atoms with E-state index < -0.39 is 0 Å². The summed E-state index contributed by atoms with van der Waals surface area (Å²) in [5, 5.41) is 7.56. The molecular weight excluding hydrogens is 735 g/mol. The van der Waals surface area contributed by atoms with Crippen LogP contribution in [0, 0.1) is 0 Å². The van der Waals surface area contributed by atoms with Gasteiger partial charge in [-0.05, 0) is 118 Å². The number of aromatic nitrogens is 1. The van der Waals surface area contributed by atoms with E-state index in [1.165, 1.54) is 110 Å². The van der Waals surface area contributed by atoms with Crippen LogP contribution in [-0.4, -0.2) is 4.57 Å². The number of fused-ring (bicyclic) bond motifs is 5. The number of rotatable bonds is 6. The average Bonchev–Trinajstić information content (AvgIpc) is 3.65. The van der Waals surface area contributed by atoms with E-state index in [4.69, 9.17) is 0 Å². The molecule has 0 atom stereocenters. The Morgan fingerprint density at radius 2 is 0.639 bits per heavy atom. The van der Waals surface area contributed by atoms with Gasteiger partial charge in [-0.1, -0.05) is 209 Å². The highest BCUT2D eigenvalue weighted by molar-refractivity contribution is 6.21. The number of para-hydroxylation sites is 1. The maximum Gasteiger partial charge on any atom is 0.0541 e.